The maximum Gasteiger partial charge on any atom is 0.233 e. The van der Waals surface area contributed by atoms with Gasteiger partial charge < -0.3 is 4.74 Å². The topological polar surface area (TPSA) is 45.7 Å². The van der Waals surface area contributed by atoms with Crippen molar-refractivity contribution in [1.29, 1.82) is 0 Å². The van der Waals surface area contributed by atoms with Crippen LogP contribution in [-0.4, -0.2) is 55.2 Å². The van der Waals surface area contributed by atoms with Gasteiger partial charge in [0.25, 0.3) is 0 Å². The normalized spacial score (nSPS) is 14.5. The Labute approximate surface area is 192 Å². The molecule has 5 nitrogen and oxygen atoms in total. The summed E-state index contributed by atoms with van der Waals surface area (Å²) >= 11 is 7.65. The van der Waals surface area contributed by atoms with E-state index in [2.05, 4.69) is 11.0 Å². The molecule has 0 spiro atoms. The molecule has 1 aromatic heterocycles. The Hall–Kier alpha value is -1.70. The highest BCUT2D eigenvalue weighted by atomic mass is 35.5. The second kappa shape index (κ2) is 10.6. The zero-order valence-corrected chi connectivity index (χ0v) is 19.2. The molecule has 2 heterocycles. The van der Waals surface area contributed by atoms with Gasteiger partial charge in [0.15, 0.2) is 5.13 Å². The number of carbonyl (C=O) groups excluding carboxylic acids is 1. The molecule has 1 aliphatic rings. The number of amides is 1. The summed E-state index contributed by atoms with van der Waals surface area (Å²) in [5.41, 5.74) is 3.05. The molecule has 0 radical (unpaired) electrons. The quantitative estimate of drug-likeness (QED) is 0.533. The Morgan fingerprint density at radius 1 is 1.23 bits per heavy atom. The summed E-state index contributed by atoms with van der Waals surface area (Å²) in [6.07, 6.45) is 0.363. The third-order valence-corrected chi connectivity index (χ3v) is 6.33. The highest BCUT2D eigenvalue weighted by molar-refractivity contribution is 7.22. The highest BCUT2D eigenvalue weighted by Gasteiger charge is 2.22. The van der Waals surface area contributed by atoms with E-state index in [1.807, 2.05) is 48.2 Å². The number of thiazole rings is 1. The Morgan fingerprint density at radius 2 is 2.03 bits per heavy atom. The molecule has 1 fully saturated rings. The minimum atomic E-state index is 0. The van der Waals surface area contributed by atoms with Crippen LogP contribution in [0.5, 0.6) is 0 Å². The third kappa shape index (κ3) is 5.71. The van der Waals surface area contributed by atoms with Crippen LogP contribution in [0.4, 0.5) is 5.13 Å². The molecule has 0 bridgehead atoms. The van der Waals surface area contributed by atoms with Crippen molar-refractivity contribution in [3.05, 3.63) is 58.6 Å². The van der Waals surface area contributed by atoms with Crippen molar-refractivity contribution in [1.82, 2.24) is 9.88 Å². The number of nitrogens with zero attached hydrogens (tertiary/aromatic N) is 3. The maximum atomic E-state index is 13.3. The van der Waals surface area contributed by atoms with Gasteiger partial charge in [-0.2, -0.15) is 0 Å². The number of rotatable bonds is 6. The summed E-state index contributed by atoms with van der Waals surface area (Å²) < 4.78 is 6.43. The predicted octanol–water partition coefficient (Wildman–Crippen LogP) is 4.59. The van der Waals surface area contributed by atoms with Crippen molar-refractivity contribution < 1.29 is 9.53 Å². The van der Waals surface area contributed by atoms with E-state index in [1.54, 1.807) is 0 Å². The fourth-order valence-electron chi connectivity index (χ4n) is 3.49. The zero-order chi connectivity index (χ0) is 20.2. The molecule has 0 N–H and O–H groups in total. The minimum Gasteiger partial charge on any atom is -0.379 e. The van der Waals surface area contributed by atoms with Crippen LogP contribution in [0.3, 0.4) is 0 Å². The highest BCUT2D eigenvalue weighted by Crippen LogP contribution is 2.31. The van der Waals surface area contributed by atoms with E-state index in [9.17, 15) is 4.79 Å². The van der Waals surface area contributed by atoms with Gasteiger partial charge >= 0.3 is 0 Å². The van der Waals surface area contributed by atoms with E-state index < -0.39 is 0 Å². The molecule has 1 amide bonds. The van der Waals surface area contributed by atoms with Gasteiger partial charge in [-0.3, -0.25) is 14.6 Å². The molecule has 3 aromatic rings. The van der Waals surface area contributed by atoms with Crippen LogP contribution in [0, 0.1) is 6.92 Å². The summed E-state index contributed by atoms with van der Waals surface area (Å²) in [6.45, 7) is 6.75. The summed E-state index contributed by atoms with van der Waals surface area (Å²) in [6, 6.07) is 13.8. The molecular formula is C22H25Cl2N3O2S. The largest absolute Gasteiger partial charge is 0.379 e. The van der Waals surface area contributed by atoms with Gasteiger partial charge in [-0.25, -0.2) is 4.98 Å². The third-order valence-electron chi connectivity index (χ3n) is 5.05. The smallest absolute Gasteiger partial charge is 0.233 e. The molecule has 30 heavy (non-hydrogen) atoms. The number of halogens is 2. The minimum absolute atomic E-state index is 0. The van der Waals surface area contributed by atoms with Crippen molar-refractivity contribution in [2.45, 2.75) is 13.3 Å². The first-order valence-electron chi connectivity index (χ1n) is 9.80. The van der Waals surface area contributed by atoms with Crippen molar-refractivity contribution in [3.8, 4) is 0 Å². The van der Waals surface area contributed by atoms with Crippen LogP contribution in [0.1, 0.15) is 11.1 Å². The van der Waals surface area contributed by atoms with E-state index in [4.69, 9.17) is 21.3 Å². The SMILES string of the molecule is Cc1cccc(CC(=O)N(CCN2CCOCC2)c2nc3ccc(Cl)cc3s2)c1.Cl. The summed E-state index contributed by atoms with van der Waals surface area (Å²) in [5.74, 6) is 0.0639. The van der Waals surface area contributed by atoms with Crippen LogP contribution in [-0.2, 0) is 16.0 Å². The molecule has 1 aliphatic heterocycles. The van der Waals surface area contributed by atoms with Gasteiger partial charge in [0.05, 0.1) is 29.9 Å². The van der Waals surface area contributed by atoms with Crippen molar-refractivity contribution in [2.75, 3.05) is 44.3 Å². The summed E-state index contributed by atoms with van der Waals surface area (Å²) in [4.78, 5) is 22.1. The number of ether oxygens (including phenoxy) is 1. The fourth-order valence-corrected chi connectivity index (χ4v) is 4.77. The molecule has 8 heteroatoms. The lowest BCUT2D eigenvalue weighted by atomic mass is 10.1. The second-order valence-corrected chi connectivity index (χ2v) is 8.72. The van der Waals surface area contributed by atoms with Crippen molar-refractivity contribution >= 4 is 56.6 Å². The summed E-state index contributed by atoms with van der Waals surface area (Å²) in [7, 11) is 0. The standard InChI is InChI=1S/C22H24ClN3O2S.ClH/c1-16-3-2-4-17(13-16)14-21(27)26(8-7-25-9-11-28-12-10-25)22-24-19-6-5-18(23)15-20(19)29-22;/h2-6,13,15H,7-12,14H2,1H3;1H. The van der Waals surface area contributed by atoms with Crippen LogP contribution in [0.15, 0.2) is 42.5 Å². The van der Waals surface area contributed by atoms with Crippen molar-refractivity contribution in [2.24, 2.45) is 0 Å². The number of aromatic nitrogens is 1. The van der Waals surface area contributed by atoms with Gasteiger partial charge in [0.2, 0.25) is 5.91 Å². The Bertz CT molecular complexity index is 1000. The second-order valence-electron chi connectivity index (χ2n) is 7.27. The lowest BCUT2D eigenvalue weighted by Gasteiger charge is -2.29. The lowest BCUT2D eigenvalue weighted by molar-refractivity contribution is -0.118. The van der Waals surface area contributed by atoms with Gasteiger partial charge in [-0.1, -0.05) is 52.8 Å². The molecule has 0 atom stereocenters. The molecule has 0 aliphatic carbocycles. The summed E-state index contributed by atoms with van der Waals surface area (Å²) in [5, 5.41) is 1.41. The zero-order valence-electron chi connectivity index (χ0n) is 16.8. The fraction of sp³-hybridized carbons (Fsp3) is 0.364. The van der Waals surface area contributed by atoms with Crippen LogP contribution < -0.4 is 4.90 Å². The molecule has 0 unspecified atom stereocenters. The number of carbonyl (C=O) groups is 1. The number of aryl methyl sites for hydroxylation is 1. The number of hydrogen-bond acceptors (Lipinski definition) is 5. The number of anilines is 1. The lowest BCUT2D eigenvalue weighted by Crippen LogP contribution is -2.43. The molecule has 4 rings (SSSR count). The Kier molecular flexibility index (Phi) is 8.08. The number of benzene rings is 2. The first-order valence-corrected chi connectivity index (χ1v) is 11.0. The van der Waals surface area contributed by atoms with E-state index in [0.29, 0.717) is 18.0 Å². The van der Waals surface area contributed by atoms with Crippen LogP contribution in [0.2, 0.25) is 5.02 Å². The molecular weight excluding hydrogens is 441 g/mol. The Balaban J connectivity index is 0.00000256. The van der Waals surface area contributed by atoms with E-state index in [1.165, 1.54) is 11.3 Å². The van der Waals surface area contributed by atoms with Gasteiger partial charge in [0, 0.05) is 31.2 Å². The van der Waals surface area contributed by atoms with Gasteiger partial charge in [0.1, 0.15) is 0 Å². The monoisotopic (exact) mass is 465 g/mol. The molecule has 160 valence electrons. The van der Waals surface area contributed by atoms with Crippen LogP contribution >= 0.6 is 35.3 Å². The first-order chi connectivity index (χ1) is 14.1. The number of morpholine rings is 1. The average molecular weight is 466 g/mol. The van der Waals surface area contributed by atoms with E-state index in [-0.39, 0.29) is 18.3 Å². The Morgan fingerprint density at radius 3 is 2.80 bits per heavy atom. The molecule has 2 aromatic carbocycles. The predicted molar refractivity (Wildman–Crippen MR) is 126 cm³/mol. The molecule has 1 saturated heterocycles. The average Bonchev–Trinajstić information content (AvgIpc) is 3.11. The van der Waals surface area contributed by atoms with E-state index in [0.717, 1.165) is 59.3 Å². The number of fused-ring (bicyclic) bond motifs is 1. The number of hydrogen-bond donors (Lipinski definition) is 0. The van der Waals surface area contributed by atoms with E-state index >= 15 is 0 Å². The first kappa shape index (κ1) is 23.0. The maximum absolute atomic E-state index is 13.3. The van der Waals surface area contributed by atoms with Gasteiger partial charge in [-0.15, -0.1) is 12.4 Å². The van der Waals surface area contributed by atoms with Crippen LogP contribution in [0.25, 0.3) is 10.2 Å². The van der Waals surface area contributed by atoms with Gasteiger partial charge in [-0.05, 0) is 30.7 Å². The molecule has 0 saturated carbocycles. The van der Waals surface area contributed by atoms with Crippen molar-refractivity contribution in [3.63, 3.8) is 0 Å².